The highest BCUT2D eigenvalue weighted by molar-refractivity contribution is 7.09. The second-order valence-electron chi connectivity index (χ2n) is 6.36. The van der Waals surface area contributed by atoms with Gasteiger partial charge in [-0.15, -0.1) is 11.3 Å². The van der Waals surface area contributed by atoms with Gasteiger partial charge in [0.1, 0.15) is 5.60 Å². The summed E-state index contributed by atoms with van der Waals surface area (Å²) in [5.74, 6) is 0. The van der Waals surface area contributed by atoms with Crippen molar-refractivity contribution in [1.82, 2.24) is 9.88 Å². The molecule has 0 aliphatic heterocycles. The molecule has 0 saturated heterocycles. The van der Waals surface area contributed by atoms with Crippen LogP contribution in [0.3, 0.4) is 0 Å². The predicted molar refractivity (Wildman–Crippen MR) is 93.6 cm³/mol. The minimum atomic E-state index is -0.483. The SMILES string of the molecule is CN(Cc1cccc(NCc2cncs2)c1)C(=O)OC(C)(C)C. The number of rotatable bonds is 5. The normalized spacial score (nSPS) is 11.1. The summed E-state index contributed by atoms with van der Waals surface area (Å²) >= 11 is 1.62. The predicted octanol–water partition coefficient (Wildman–Crippen LogP) is 4.12. The number of amides is 1. The zero-order chi connectivity index (χ0) is 16.9. The van der Waals surface area contributed by atoms with Crippen LogP contribution in [0.25, 0.3) is 0 Å². The first-order valence-corrected chi connectivity index (χ1v) is 8.36. The van der Waals surface area contributed by atoms with Gasteiger partial charge in [-0.2, -0.15) is 0 Å². The molecule has 1 amide bonds. The highest BCUT2D eigenvalue weighted by Gasteiger charge is 2.19. The van der Waals surface area contributed by atoms with Gasteiger partial charge < -0.3 is 15.0 Å². The van der Waals surface area contributed by atoms with Gasteiger partial charge in [0.05, 0.1) is 12.1 Å². The van der Waals surface area contributed by atoms with Crippen molar-refractivity contribution in [3.8, 4) is 0 Å². The van der Waals surface area contributed by atoms with E-state index >= 15 is 0 Å². The molecule has 0 unspecified atom stereocenters. The molecular formula is C17H23N3O2S. The maximum Gasteiger partial charge on any atom is 0.410 e. The molecule has 5 nitrogen and oxygen atoms in total. The molecule has 0 aliphatic carbocycles. The molecule has 0 aliphatic rings. The van der Waals surface area contributed by atoms with E-state index in [1.54, 1.807) is 23.3 Å². The van der Waals surface area contributed by atoms with Crippen molar-refractivity contribution in [2.75, 3.05) is 12.4 Å². The number of thiazole rings is 1. The molecule has 2 aromatic rings. The number of ether oxygens (including phenoxy) is 1. The maximum atomic E-state index is 12.0. The monoisotopic (exact) mass is 333 g/mol. The molecule has 124 valence electrons. The molecule has 1 aromatic carbocycles. The number of hydrogen-bond acceptors (Lipinski definition) is 5. The van der Waals surface area contributed by atoms with Crippen molar-refractivity contribution in [3.05, 3.63) is 46.4 Å². The molecule has 1 aromatic heterocycles. The summed E-state index contributed by atoms with van der Waals surface area (Å²) < 4.78 is 5.36. The van der Waals surface area contributed by atoms with Crippen LogP contribution >= 0.6 is 11.3 Å². The lowest BCUT2D eigenvalue weighted by Crippen LogP contribution is -2.33. The first-order valence-electron chi connectivity index (χ1n) is 7.48. The molecule has 0 radical (unpaired) electrons. The van der Waals surface area contributed by atoms with E-state index in [-0.39, 0.29) is 6.09 Å². The average Bonchev–Trinajstić information content (AvgIpc) is 2.97. The summed E-state index contributed by atoms with van der Waals surface area (Å²) in [6, 6.07) is 8.03. The van der Waals surface area contributed by atoms with Crippen LogP contribution in [-0.4, -0.2) is 28.6 Å². The Hall–Kier alpha value is -2.08. The van der Waals surface area contributed by atoms with E-state index in [4.69, 9.17) is 4.74 Å². The van der Waals surface area contributed by atoms with Crippen LogP contribution < -0.4 is 5.32 Å². The van der Waals surface area contributed by atoms with Gasteiger partial charge in [-0.25, -0.2) is 4.79 Å². The second kappa shape index (κ2) is 7.46. The fourth-order valence-corrected chi connectivity index (χ4v) is 2.51. The third kappa shape index (κ3) is 5.90. The van der Waals surface area contributed by atoms with Crippen LogP contribution in [0, 0.1) is 0 Å². The van der Waals surface area contributed by atoms with E-state index in [9.17, 15) is 4.79 Å². The van der Waals surface area contributed by atoms with Crippen molar-refractivity contribution in [1.29, 1.82) is 0 Å². The van der Waals surface area contributed by atoms with Gasteiger partial charge in [0.15, 0.2) is 0 Å². The summed E-state index contributed by atoms with van der Waals surface area (Å²) in [7, 11) is 1.74. The highest BCUT2D eigenvalue weighted by atomic mass is 32.1. The lowest BCUT2D eigenvalue weighted by atomic mass is 10.2. The van der Waals surface area contributed by atoms with E-state index in [0.717, 1.165) is 17.8 Å². The van der Waals surface area contributed by atoms with Gasteiger partial charge in [-0.3, -0.25) is 4.98 Å². The van der Waals surface area contributed by atoms with Crippen LogP contribution in [-0.2, 0) is 17.8 Å². The van der Waals surface area contributed by atoms with Crippen molar-refractivity contribution < 1.29 is 9.53 Å². The molecule has 1 N–H and O–H groups in total. The average molecular weight is 333 g/mol. The van der Waals surface area contributed by atoms with Gasteiger partial charge in [-0.05, 0) is 38.5 Å². The molecule has 23 heavy (non-hydrogen) atoms. The van der Waals surface area contributed by atoms with Crippen molar-refractivity contribution >= 4 is 23.1 Å². The first-order chi connectivity index (χ1) is 10.8. The number of anilines is 1. The van der Waals surface area contributed by atoms with Gasteiger partial charge in [-0.1, -0.05) is 12.1 Å². The molecule has 0 bridgehead atoms. The third-order valence-corrected chi connectivity index (χ3v) is 3.78. The number of aromatic nitrogens is 1. The fourth-order valence-electron chi connectivity index (χ4n) is 1.98. The number of carbonyl (C=O) groups excluding carboxylic acids is 1. The molecule has 6 heteroatoms. The second-order valence-corrected chi connectivity index (χ2v) is 7.33. The first kappa shape index (κ1) is 17.3. The van der Waals surface area contributed by atoms with Crippen LogP contribution in [0.4, 0.5) is 10.5 Å². The molecule has 0 atom stereocenters. The number of carbonyl (C=O) groups is 1. The minimum Gasteiger partial charge on any atom is -0.444 e. The Kier molecular flexibility index (Phi) is 5.60. The smallest absolute Gasteiger partial charge is 0.410 e. The minimum absolute atomic E-state index is 0.319. The standard InChI is InChI=1S/C17H23N3O2S/c1-17(2,3)22-16(21)20(4)11-13-6-5-7-14(8-13)19-10-15-9-18-12-23-15/h5-9,12,19H,10-11H2,1-4H3. The number of benzene rings is 1. The zero-order valence-corrected chi connectivity index (χ0v) is 14.8. The lowest BCUT2D eigenvalue weighted by Gasteiger charge is -2.24. The van der Waals surface area contributed by atoms with Crippen LogP contribution in [0.1, 0.15) is 31.2 Å². The highest BCUT2D eigenvalue weighted by Crippen LogP contribution is 2.16. The zero-order valence-electron chi connectivity index (χ0n) is 14.0. The largest absolute Gasteiger partial charge is 0.444 e. The van der Waals surface area contributed by atoms with Gasteiger partial charge in [0.2, 0.25) is 0 Å². The van der Waals surface area contributed by atoms with Crippen molar-refractivity contribution in [3.63, 3.8) is 0 Å². The Morgan fingerprint density at radius 3 is 2.83 bits per heavy atom. The number of nitrogens with zero attached hydrogens (tertiary/aromatic N) is 2. The summed E-state index contributed by atoms with van der Waals surface area (Å²) in [4.78, 5) is 18.8. The molecule has 0 saturated carbocycles. The van der Waals surface area contributed by atoms with Crippen LogP contribution in [0.15, 0.2) is 36.0 Å². The molecular weight excluding hydrogens is 310 g/mol. The topological polar surface area (TPSA) is 54.5 Å². The van der Waals surface area contributed by atoms with Crippen LogP contribution in [0.2, 0.25) is 0 Å². The third-order valence-electron chi connectivity index (χ3n) is 3.00. The number of hydrogen-bond donors (Lipinski definition) is 1. The Labute approximate surface area is 141 Å². The molecule has 2 rings (SSSR count). The lowest BCUT2D eigenvalue weighted by molar-refractivity contribution is 0.0285. The van der Waals surface area contributed by atoms with E-state index in [1.165, 1.54) is 4.88 Å². The van der Waals surface area contributed by atoms with Gasteiger partial charge in [0.25, 0.3) is 0 Å². The summed E-state index contributed by atoms with van der Waals surface area (Å²) in [5, 5.41) is 3.36. The quantitative estimate of drug-likeness (QED) is 0.894. The van der Waals surface area contributed by atoms with E-state index in [0.29, 0.717) is 6.54 Å². The fraction of sp³-hybridized carbons (Fsp3) is 0.412. The molecule has 1 heterocycles. The maximum absolute atomic E-state index is 12.0. The summed E-state index contributed by atoms with van der Waals surface area (Å²) in [6.45, 7) is 6.84. The van der Waals surface area contributed by atoms with Gasteiger partial charge in [0, 0.05) is 30.4 Å². The molecule has 0 fully saturated rings. The Balaban J connectivity index is 1.92. The van der Waals surface area contributed by atoms with E-state index in [1.807, 2.05) is 56.7 Å². The van der Waals surface area contributed by atoms with E-state index < -0.39 is 5.60 Å². The summed E-state index contributed by atoms with van der Waals surface area (Å²) in [6.07, 6.45) is 1.54. The van der Waals surface area contributed by atoms with Gasteiger partial charge >= 0.3 is 6.09 Å². The van der Waals surface area contributed by atoms with Crippen LogP contribution in [0.5, 0.6) is 0 Å². The Morgan fingerprint density at radius 2 is 2.17 bits per heavy atom. The van der Waals surface area contributed by atoms with Crippen molar-refractivity contribution in [2.45, 2.75) is 39.5 Å². The van der Waals surface area contributed by atoms with Crippen molar-refractivity contribution in [2.24, 2.45) is 0 Å². The summed E-state index contributed by atoms with van der Waals surface area (Å²) in [5.41, 5.74) is 3.41. The molecule has 0 spiro atoms. The van der Waals surface area contributed by atoms with E-state index in [2.05, 4.69) is 10.3 Å². The Bertz CT molecular complexity index is 636. The number of nitrogens with one attached hydrogen (secondary N) is 1. The Morgan fingerprint density at radius 1 is 1.39 bits per heavy atom.